The highest BCUT2D eigenvalue weighted by molar-refractivity contribution is 5.93. The highest BCUT2D eigenvalue weighted by Crippen LogP contribution is 2.24. The maximum absolute atomic E-state index is 13.7. The zero-order valence-corrected chi connectivity index (χ0v) is 10.8. The van der Waals surface area contributed by atoms with Crippen LogP contribution in [-0.2, 0) is 0 Å². The SMILES string of the molecule is CCOc1ccc(Nc2ncccc2C(=O)O)cc1F. The predicted octanol–water partition coefficient (Wildman–Crippen LogP) is 3.06. The van der Waals surface area contributed by atoms with Crippen LogP contribution in [-0.4, -0.2) is 22.7 Å². The number of hydrogen-bond acceptors (Lipinski definition) is 4. The molecule has 0 atom stereocenters. The Balaban J connectivity index is 2.27. The molecule has 5 nitrogen and oxygen atoms in total. The van der Waals surface area contributed by atoms with Gasteiger partial charge >= 0.3 is 5.97 Å². The van der Waals surface area contributed by atoms with E-state index in [0.29, 0.717) is 12.3 Å². The fraction of sp³-hybridized carbons (Fsp3) is 0.143. The van der Waals surface area contributed by atoms with Crippen LogP contribution in [0, 0.1) is 5.82 Å². The molecule has 0 aliphatic carbocycles. The number of ether oxygens (including phenoxy) is 1. The first-order valence-corrected chi connectivity index (χ1v) is 5.99. The maximum atomic E-state index is 13.7. The van der Waals surface area contributed by atoms with E-state index in [1.54, 1.807) is 13.0 Å². The van der Waals surface area contributed by atoms with Crippen LogP contribution in [0.2, 0.25) is 0 Å². The third kappa shape index (κ3) is 3.03. The summed E-state index contributed by atoms with van der Waals surface area (Å²) < 4.78 is 18.8. The van der Waals surface area contributed by atoms with E-state index in [1.165, 1.54) is 30.5 Å². The van der Waals surface area contributed by atoms with Crippen LogP contribution >= 0.6 is 0 Å². The molecule has 0 unspecified atom stereocenters. The fourth-order valence-electron chi connectivity index (χ4n) is 1.67. The van der Waals surface area contributed by atoms with Crippen LogP contribution < -0.4 is 10.1 Å². The van der Waals surface area contributed by atoms with Gasteiger partial charge in [0.2, 0.25) is 0 Å². The summed E-state index contributed by atoms with van der Waals surface area (Å²) in [7, 11) is 0. The van der Waals surface area contributed by atoms with Gasteiger partial charge in [0.25, 0.3) is 0 Å². The molecule has 20 heavy (non-hydrogen) atoms. The Morgan fingerprint density at radius 3 is 2.90 bits per heavy atom. The number of aromatic carboxylic acids is 1. The summed E-state index contributed by atoms with van der Waals surface area (Å²) >= 11 is 0. The van der Waals surface area contributed by atoms with Crippen LogP contribution in [0.25, 0.3) is 0 Å². The Hall–Kier alpha value is -2.63. The van der Waals surface area contributed by atoms with Crippen molar-refractivity contribution in [1.82, 2.24) is 4.98 Å². The number of nitrogens with one attached hydrogen (secondary N) is 1. The molecule has 0 amide bonds. The van der Waals surface area contributed by atoms with Crippen molar-refractivity contribution in [3.05, 3.63) is 47.9 Å². The second-order valence-electron chi connectivity index (χ2n) is 3.91. The lowest BCUT2D eigenvalue weighted by Crippen LogP contribution is -2.04. The lowest BCUT2D eigenvalue weighted by atomic mass is 10.2. The number of anilines is 2. The van der Waals surface area contributed by atoms with E-state index in [0.717, 1.165) is 0 Å². The molecule has 0 aliphatic heterocycles. The summed E-state index contributed by atoms with van der Waals surface area (Å²) in [5.41, 5.74) is 0.411. The van der Waals surface area contributed by atoms with Crippen molar-refractivity contribution in [2.45, 2.75) is 6.92 Å². The van der Waals surface area contributed by atoms with E-state index >= 15 is 0 Å². The number of halogens is 1. The third-order valence-corrected chi connectivity index (χ3v) is 2.53. The fourth-order valence-corrected chi connectivity index (χ4v) is 1.67. The van der Waals surface area contributed by atoms with E-state index in [9.17, 15) is 9.18 Å². The van der Waals surface area contributed by atoms with Gasteiger partial charge in [-0.25, -0.2) is 14.2 Å². The topological polar surface area (TPSA) is 71.5 Å². The first-order chi connectivity index (χ1) is 9.61. The first-order valence-electron chi connectivity index (χ1n) is 5.99. The average molecular weight is 276 g/mol. The summed E-state index contributed by atoms with van der Waals surface area (Å²) in [6.07, 6.45) is 1.46. The normalized spacial score (nSPS) is 10.1. The first kappa shape index (κ1) is 13.8. The Morgan fingerprint density at radius 1 is 1.45 bits per heavy atom. The molecule has 1 heterocycles. The van der Waals surface area contributed by atoms with Gasteiger partial charge in [-0.1, -0.05) is 0 Å². The number of aromatic nitrogens is 1. The molecule has 1 aromatic heterocycles. The smallest absolute Gasteiger partial charge is 0.339 e. The second-order valence-corrected chi connectivity index (χ2v) is 3.91. The minimum absolute atomic E-state index is 0.0155. The number of rotatable bonds is 5. The van der Waals surface area contributed by atoms with Crippen LogP contribution in [0.4, 0.5) is 15.9 Å². The van der Waals surface area contributed by atoms with Crippen molar-refractivity contribution in [3.8, 4) is 5.75 Å². The largest absolute Gasteiger partial charge is 0.491 e. The van der Waals surface area contributed by atoms with Gasteiger partial charge in [0, 0.05) is 18.0 Å². The molecule has 0 saturated carbocycles. The zero-order chi connectivity index (χ0) is 14.5. The van der Waals surface area contributed by atoms with Crippen molar-refractivity contribution in [2.75, 3.05) is 11.9 Å². The molecule has 1 aromatic carbocycles. The van der Waals surface area contributed by atoms with Crippen molar-refractivity contribution in [1.29, 1.82) is 0 Å². The summed E-state index contributed by atoms with van der Waals surface area (Å²) in [4.78, 5) is 15.0. The molecule has 6 heteroatoms. The monoisotopic (exact) mass is 276 g/mol. The highest BCUT2D eigenvalue weighted by Gasteiger charge is 2.11. The minimum atomic E-state index is -1.10. The quantitative estimate of drug-likeness (QED) is 0.878. The molecule has 0 spiro atoms. The number of benzene rings is 1. The number of pyridine rings is 1. The average Bonchev–Trinajstić information content (AvgIpc) is 2.42. The van der Waals surface area contributed by atoms with Gasteiger partial charge in [-0.05, 0) is 31.2 Å². The van der Waals surface area contributed by atoms with Crippen LogP contribution in [0.3, 0.4) is 0 Å². The molecule has 2 N–H and O–H groups in total. The van der Waals surface area contributed by atoms with E-state index in [1.807, 2.05) is 0 Å². The van der Waals surface area contributed by atoms with Gasteiger partial charge in [-0.15, -0.1) is 0 Å². The lowest BCUT2D eigenvalue weighted by molar-refractivity contribution is 0.0697. The van der Waals surface area contributed by atoms with Crippen LogP contribution in [0.1, 0.15) is 17.3 Å². The Bertz CT molecular complexity index is 632. The number of carboxylic acid groups (broad SMARTS) is 1. The van der Waals surface area contributed by atoms with Gasteiger partial charge in [0.05, 0.1) is 6.61 Å². The van der Waals surface area contributed by atoms with Gasteiger partial charge in [0.1, 0.15) is 11.4 Å². The minimum Gasteiger partial charge on any atom is -0.491 e. The lowest BCUT2D eigenvalue weighted by Gasteiger charge is -2.10. The molecule has 0 radical (unpaired) electrons. The van der Waals surface area contributed by atoms with Gasteiger partial charge in [0.15, 0.2) is 11.6 Å². The molecular weight excluding hydrogens is 263 g/mol. The van der Waals surface area contributed by atoms with Crippen molar-refractivity contribution < 1.29 is 19.0 Å². The summed E-state index contributed by atoms with van der Waals surface area (Å²) in [5, 5.41) is 11.8. The molecule has 2 rings (SSSR count). The number of hydrogen-bond donors (Lipinski definition) is 2. The molecule has 0 bridgehead atoms. The number of nitrogens with zero attached hydrogens (tertiary/aromatic N) is 1. The maximum Gasteiger partial charge on any atom is 0.339 e. The van der Waals surface area contributed by atoms with Gasteiger partial charge in [-0.2, -0.15) is 0 Å². The Labute approximate surface area is 115 Å². The summed E-state index contributed by atoms with van der Waals surface area (Å²) in [6.45, 7) is 2.13. The van der Waals surface area contributed by atoms with Crippen molar-refractivity contribution in [3.63, 3.8) is 0 Å². The molecule has 104 valence electrons. The highest BCUT2D eigenvalue weighted by atomic mass is 19.1. The van der Waals surface area contributed by atoms with Gasteiger partial charge in [-0.3, -0.25) is 0 Å². The van der Waals surface area contributed by atoms with Gasteiger partial charge < -0.3 is 15.2 Å². The summed E-state index contributed by atoms with van der Waals surface area (Å²) in [5.74, 6) is -1.32. The van der Waals surface area contributed by atoms with E-state index in [-0.39, 0.29) is 17.1 Å². The third-order valence-electron chi connectivity index (χ3n) is 2.53. The second kappa shape index (κ2) is 6.01. The number of carboxylic acids is 1. The zero-order valence-electron chi connectivity index (χ0n) is 10.8. The molecule has 2 aromatic rings. The van der Waals surface area contributed by atoms with E-state index in [4.69, 9.17) is 9.84 Å². The van der Waals surface area contributed by atoms with E-state index in [2.05, 4.69) is 10.3 Å². The van der Waals surface area contributed by atoms with Crippen molar-refractivity contribution in [2.24, 2.45) is 0 Å². The molecular formula is C14H13FN2O3. The van der Waals surface area contributed by atoms with Crippen LogP contribution in [0.15, 0.2) is 36.5 Å². The van der Waals surface area contributed by atoms with E-state index < -0.39 is 11.8 Å². The standard InChI is InChI=1S/C14H13FN2O3/c1-2-20-12-6-5-9(8-11(12)15)17-13-10(14(18)19)4-3-7-16-13/h3-8H,2H2,1H3,(H,16,17)(H,18,19). The summed E-state index contributed by atoms with van der Waals surface area (Å²) in [6, 6.07) is 7.24. The number of carbonyl (C=O) groups is 1. The molecule has 0 aliphatic rings. The Kier molecular flexibility index (Phi) is 4.14. The van der Waals surface area contributed by atoms with Crippen molar-refractivity contribution >= 4 is 17.5 Å². The Morgan fingerprint density at radius 2 is 2.25 bits per heavy atom. The molecule has 0 saturated heterocycles. The van der Waals surface area contributed by atoms with Crippen LogP contribution in [0.5, 0.6) is 5.75 Å². The molecule has 0 fully saturated rings. The predicted molar refractivity (Wildman–Crippen MR) is 72.0 cm³/mol.